The third-order valence-corrected chi connectivity index (χ3v) is 11.4. The van der Waals surface area contributed by atoms with Gasteiger partial charge in [-0.1, -0.05) is 178 Å². The summed E-state index contributed by atoms with van der Waals surface area (Å²) < 4.78 is 6.56. The molecule has 0 aliphatic carbocycles. The van der Waals surface area contributed by atoms with Crippen molar-refractivity contribution in [1.82, 2.24) is 0 Å². The number of rotatable bonds is 7. The van der Waals surface area contributed by atoms with Crippen molar-refractivity contribution in [3.8, 4) is 44.5 Å². The number of fused-ring (bicyclic) bond motifs is 4. The monoisotopic (exact) mass is 745 g/mol. The summed E-state index contributed by atoms with van der Waals surface area (Å²) in [6, 6.07) is 74.7. The van der Waals surface area contributed by atoms with Gasteiger partial charge in [0.25, 0.3) is 0 Å². The summed E-state index contributed by atoms with van der Waals surface area (Å²) in [6.45, 7) is 6.79. The fourth-order valence-corrected chi connectivity index (χ4v) is 8.42. The number of hydrogen-bond donors (Lipinski definition) is 0. The van der Waals surface area contributed by atoms with E-state index in [1.54, 1.807) is 0 Å². The van der Waals surface area contributed by atoms with Crippen molar-refractivity contribution in [2.45, 2.75) is 26.2 Å². The predicted molar refractivity (Wildman–Crippen MR) is 246 cm³/mol. The Hall–Kier alpha value is -7.16. The van der Waals surface area contributed by atoms with E-state index in [-0.39, 0.29) is 5.41 Å². The minimum absolute atomic E-state index is 0.0806. The van der Waals surface area contributed by atoms with Crippen molar-refractivity contribution in [2.75, 3.05) is 4.90 Å². The lowest BCUT2D eigenvalue weighted by molar-refractivity contribution is 0.590. The average molecular weight is 746 g/mol. The smallest absolute Gasteiger partial charge is 0.137 e. The van der Waals surface area contributed by atoms with E-state index < -0.39 is 0 Å². The van der Waals surface area contributed by atoms with Crippen LogP contribution in [0.5, 0.6) is 0 Å². The van der Waals surface area contributed by atoms with Crippen LogP contribution in [0.3, 0.4) is 0 Å². The van der Waals surface area contributed by atoms with Crippen LogP contribution in [-0.4, -0.2) is 0 Å². The van der Waals surface area contributed by atoms with Gasteiger partial charge in [-0.05, 0) is 97.6 Å². The quantitative estimate of drug-likeness (QED) is 0.162. The van der Waals surface area contributed by atoms with E-state index in [0.717, 1.165) is 55.7 Å². The molecule has 10 rings (SSSR count). The summed E-state index contributed by atoms with van der Waals surface area (Å²) in [6.07, 6.45) is 0. The molecule has 0 bridgehead atoms. The first-order valence-corrected chi connectivity index (χ1v) is 20.1. The number of hydrogen-bond acceptors (Lipinski definition) is 2. The van der Waals surface area contributed by atoms with Gasteiger partial charge in [-0.25, -0.2) is 0 Å². The van der Waals surface area contributed by atoms with Gasteiger partial charge in [0.05, 0.1) is 11.4 Å². The fraction of sp³-hybridized carbons (Fsp3) is 0.0714. The molecule has 0 aliphatic heterocycles. The first-order chi connectivity index (χ1) is 28.4. The Bertz CT molecular complexity index is 3080. The molecule has 0 spiro atoms. The van der Waals surface area contributed by atoms with E-state index in [1.165, 1.54) is 44.2 Å². The summed E-state index contributed by atoms with van der Waals surface area (Å²) in [5.74, 6) is 0. The second-order valence-electron chi connectivity index (χ2n) is 16.2. The van der Waals surface area contributed by atoms with Crippen molar-refractivity contribution >= 4 is 49.8 Å². The Balaban J connectivity index is 1.25. The molecule has 2 heteroatoms. The maximum absolute atomic E-state index is 6.56. The topological polar surface area (TPSA) is 16.4 Å². The molecular formula is C56H43NO. The molecule has 0 aliphatic rings. The highest BCUT2D eigenvalue weighted by Gasteiger charge is 2.24. The molecule has 1 aromatic heterocycles. The zero-order valence-corrected chi connectivity index (χ0v) is 33.0. The molecule has 0 N–H and O–H groups in total. The van der Waals surface area contributed by atoms with Gasteiger partial charge in [0.15, 0.2) is 0 Å². The maximum atomic E-state index is 6.56. The van der Waals surface area contributed by atoms with Crippen LogP contribution >= 0.6 is 0 Å². The fourth-order valence-electron chi connectivity index (χ4n) is 8.42. The van der Waals surface area contributed by atoms with Crippen LogP contribution in [0.15, 0.2) is 211 Å². The summed E-state index contributed by atoms with van der Waals surface area (Å²) in [5.41, 5.74) is 15.7. The van der Waals surface area contributed by atoms with Gasteiger partial charge >= 0.3 is 0 Å². The summed E-state index contributed by atoms with van der Waals surface area (Å²) >= 11 is 0. The van der Waals surface area contributed by atoms with Gasteiger partial charge in [-0.3, -0.25) is 0 Å². The third-order valence-electron chi connectivity index (χ3n) is 11.4. The predicted octanol–water partition coefficient (Wildman–Crippen LogP) is 16.2. The molecule has 0 atom stereocenters. The van der Waals surface area contributed by atoms with Crippen LogP contribution < -0.4 is 4.90 Å². The van der Waals surface area contributed by atoms with Crippen molar-refractivity contribution in [3.63, 3.8) is 0 Å². The molecule has 2 nitrogen and oxygen atoms in total. The largest absolute Gasteiger partial charge is 0.456 e. The van der Waals surface area contributed by atoms with Gasteiger partial charge < -0.3 is 9.32 Å². The van der Waals surface area contributed by atoms with E-state index in [1.807, 2.05) is 12.1 Å². The van der Waals surface area contributed by atoms with Crippen LogP contribution in [0.4, 0.5) is 17.1 Å². The first-order valence-electron chi connectivity index (χ1n) is 20.1. The van der Waals surface area contributed by atoms with Crippen LogP contribution in [0.2, 0.25) is 0 Å². The molecule has 0 saturated heterocycles. The van der Waals surface area contributed by atoms with Crippen molar-refractivity contribution in [3.05, 3.63) is 212 Å². The van der Waals surface area contributed by atoms with Gasteiger partial charge in [-0.2, -0.15) is 0 Å². The summed E-state index contributed by atoms with van der Waals surface area (Å²) in [5, 5.41) is 4.60. The highest BCUT2D eigenvalue weighted by atomic mass is 16.3. The van der Waals surface area contributed by atoms with E-state index >= 15 is 0 Å². The lowest BCUT2D eigenvalue weighted by atomic mass is 9.86. The number of nitrogens with zero attached hydrogens (tertiary/aromatic N) is 1. The molecule has 0 radical (unpaired) electrons. The minimum atomic E-state index is 0.0806. The number of anilines is 3. The van der Waals surface area contributed by atoms with Crippen molar-refractivity contribution in [2.24, 2.45) is 0 Å². The molecular weight excluding hydrogens is 703 g/mol. The zero-order chi connectivity index (χ0) is 39.2. The second-order valence-corrected chi connectivity index (χ2v) is 16.2. The van der Waals surface area contributed by atoms with Crippen LogP contribution in [-0.2, 0) is 5.41 Å². The number of para-hydroxylation sites is 1. The summed E-state index contributed by atoms with van der Waals surface area (Å²) in [7, 11) is 0. The molecule has 0 fully saturated rings. The molecule has 0 saturated carbocycles. The molecule has 0 unspecified atom stereocenters. The first kappa shape index (κ1) is 35.3. The Morgan fingerprint density at radius 2 is 0.966 bits per heavy atom. The highest BCUT2D eigenvalue weighted by Crippen LogP contribution is 2.49. The zero-order valence-electron chi connectivity index (χ0n) is 33.0. The van der Waals surface area contributed by atoms with Gasteiger partial charge in [0.2, 0.25) is 0 Å². The van der Waals surface area contributed by atoms with Gasteiger partial charge in [-0.15, -0.1) is 0 Å². The third kappa shape index (κ3) is 6.43. The number of furan rings is 1. The molecule has 1 heterocycles. The van der Waals surface area contributed by atoms with E-state index in [0.29, 0.717) is 0 Å². The van der Waals surface area contributed by atoms with Gasteiger partial charge in [0, 0.05) is 33.7 Å². The van der Waals surface area contributed by atoms with Crippen LogP contribution in [0, 0.1) is 0 Å². The molecule has 0 amide bonds. The van der Waals surface area contributed by atoms with Crippen molar-refractivity contribution in [1.29, 1.82) is 0 Å². The van der Waals surface area contributed by atoms with E-state index in [9.17, 15) is 0 Å². The van der Waals surface area contributed by atoms with Crippen molar-refractivity contribution < 1.29 is 4.42 Å². The lowest BCUT2D eigenvalue weighted by Gasteiger charge is -2.31. The van der Waals surface area contributed by atoms with E-state index in [4.69, 9.17) is 4.42 Å². The second kappa shape index (κ2) is 14.4. The molecule has 9 aromatic carbocycles. The summed E-state index contributed by atoms with van der Waals surface area (Å²) in [4.78, 5) is 2.44. The van der Waals surface area contributed by atoms with Crippen LogP contribution in [0.1, 0.15) is 26.3 Å². The Morgan fingerprint density at radius 1 is 0.379 bits per heavy atom. The Labute approximate surface area is 340 Å². The standard InChI is InChI=1S/C56H43NO/c1-56(2,3)45-29-25-39(26-30-45)43-28-33-51(50(36-43)40-17-8-5-9-18-40)57(46-31-32-49-48-23-12-13-24-53(48)58-54(49)37-46)52-34-27-41-19-10-11-22-47(41)55(52)44-21-14-20-42(35-44)38-15-6-4-7-16-38/h4-37H,1-3H3. The lowest BCUT2D eigenvalue weighted by Crippen LogP contribution is -2.13. The number of benzene rings is 9. The average Bonchev–Trinajstić information content (AvgIpc) is 3.65. The minimum Gasteiger partial charge on any atom is -0.456 e. The highest BCUT2D eigenvalue weighted by molar-refractivity contribution is 6.09. The van der Waals surface area contributed by atoms with Crippen LogP contribution in [0.25, 0.3) is 77.2 Å². The Morgan fingerprint density at radius 3 is 1.74 bits per heavy atom. The van der Waals surface area contributed by atoms with E-state index in [2.05, 4.69) is 220 Å². The molecule has 58 heavy (non-hydrogen) atoms. The normalized spacial score (nSPS) is 11.7. The molecule has 278 valence electrons. The van der Waals surface area contributed by atoms with Gasteiger partial charge in [0.1, 0.15) is 11.2 Å². The SMILES string of the molecule is CC(C)(C)c1ccc(-c2ccc(N(c3ccc4c(c3)oc3ccccc34)c3ccc4ccccc4c3-c3cccc(-c4ccccc4)c3)c(-c3ccccc3)c2)cc1. The Kier molecular flexibility index (Phi) is 8.76. The maximum Gasteiger partial charge on any atom is 0.137 e. The molecule has 10 aromatic rings.